The number of nitrogens with two attached hydrogens (primary N) is 1. The Morgan fingerprint density at radius 2 is 2.05 bits per heavy atom. The number of benzene rings is 1. The lowest BCUT2D eigenvalue weighted by Crippen LogP contribution is -2.06. The molecule has 2 N–H and O–H groups in total. The van der Waals surface area contributed by atoms with Gasteiger partial charge in [-0.15, -0.1) is 0 Å². The summed E-state index contributed by atoms with van der Waals surface area (Å²) in [6, 6.07) is 9.67. The molecule has 1 aromatic heterocycles. The number of anilines is 1. The summed E-state index contributed by atoms with van der Waals surface area (Å²) >= 11 is 0. The molecule has 1 unspecified atom stereocenters. The number of allylic oxidation sites excluding steroid dienone is 1. The van der Waals surface area contributed by atoms with Crippen LogP contribution >= 0.6 is 0 Å². The highest BCUT2D eigenvalue weighted by molar-refractivity contribution is 5.94. The highest BCUT2D eigenvalue weighted by atomic mass is 16.1. The highest BCUT2D eigenvalue weighted by Crippen LogP contribution is 2.10. The first-order valence-corrected chi connectivity index (χ1v) is 7.19. The Morgan fingerprint density at radius 1 is 1.33 bits per heavy atom. The summed E-state index contributed by atoms with van der Waals surface area (Å²) in [6.45, 7) is 4.23. The number of nitrogens with zero attached hydrogens (tertiary/aromatic N) is 2. The van der Waals surface area contributed by atoms with E-state index < -0.39 is 0 Å². The summed E-state index contributed by atoms with van der Waals surface area (Å²) in [4.78, 5) is 11.9. The fraction of sp³-hybridized carbons (Fsp3) is 0.294. The Kier molecular flexibility index (Phi) is 4.93. The van der Waals surface area contributed by atoms with E-state index in [1.54, 1.807) is 12.2 Å². The van der Waals surface area contributed by atoms with Crippen molar-refractivity contribution in [1.82, 2.24) is 9.78 Å². The summed E-state index contributed by atoms with van der Waals surface area (Å²) in [5, 5.41) is 4.43. The zero-order valence-corrected chi connectivity index (χ0v) is 12.5. The molecule has 0 saturated carbocycles. The lowest BCUT2D eigenvalue weighted by molar-refractivity contribution is -0.114. The largest absolute Gasteiger partial charge is 0.399 e. The second-order valence-electron chi connectivity index (χ2n) is 5.19. The normalized spacial score (nSPS) is 12.7. The van der Waals surface area contributed by atoms with Crippen LogP contribution in [0.15, 0.2) is 42.6 Å². The molecule has 4 nitrogen and oxygen atoms in total. The predicted molar refractivity (Wildman–Crippen MR) is 85.8 cm³/mol. The lowest BCUT2D eigenvalue weighted by atomic mass is 10.1. The molecule has 0 amide bonds. The van der Waals surface area contributed by atoms with Crippen LogP contribution in [0, 0.1) is 0 Å². The van der Waals surface area contributed by atoms with E-state index in [0.29, 0.717) is 18.2 Å². The van der Waals surface area contributed by atoms with Crippen LogP contribution in [0.25, 0.3) is 6.08 Å². The van der Waals surface area contributed by atoms with Gasteiger partial charge in [0.15, 0.2) is 5.78 Å². The van der Waals surface area contributed by atoms with Crippen LogP contribution in [0.4, 0.5) is 5.69 Å². The Bertz CT molecular complexity index is 626. The van der Waals surface area contributed by atoms with Crippen molar-refractivity contribution in [3.05, 3.63) is 53.9 Å². The molecule has 4 heteroatoms. The molecule has 2 rings (SSSR count). The van der Waals surface area contributed by atoms with Gasteiger partial charge >= 0.3 is 0 Å². The molecule has 0 aliphatic rings. The second kappa shape index (κ2) is 6.88. The molecule has 0 bridgehead atoms. The van der Waals surface area contributed by atoms with Crippen LogP contribution in [0.2, 0.25) is 0 Å². The SMILES string of the molecule is CCC(C)n1ccc(CC(=O)/C=C/c2ccc(N)cc2)n1. The van der Waals surface area contributed by atoms with Gasteiger partial charge < -0.3 is 5.73 Å². The molecule has 110 valence electrons. The first-order chi connectivity index (χ1) is 10.1. The van der Waals surface area contributed by atoms with E-state index in [1.807, 2.05) is 41.2 Å². The van der Waals surface area contributed by atoms with Gasteiger partial charge in [0.1, 0.15) is 0 Å². The minimum absolute atomic E-state index is 0.0428. The topological polar surface area (TPSA) is 60.9 Å². The van der Waals surface area contributed by atoms with Gasteiger partial charge in [-0.05, 0) is 43.2 Å². The maximum atomic E-state index is 11.9. The lowest BCUT2D eigenvalue weighted by Gasteiger charge is -2.07. The average Bonchev–Trinajstić information content (AvgIpc) is 2.94. The molecule has 0 aliphatic carbocycles. The minimum atomic E-state index is 0.0428. The Balaban J connectivity index is 1.95. The first-order valence-electron chi connectivity index (χ1n) is 7.19. The molecule has 0 spiro atoms. The predicted octanol–water partition coefficient (Wildman–Crippen LogP) is 3.26. The molecule has 21 heavy (non-hydrogen) atoms. The van der Waals surface area contributed by atoms with Gasteiger partial charge in [-0.2, -0.15) is 5.10 Å². The monoisotopic (exact) mass is 283 g/mol. The van der Waals surface area contributed by atoms with E-state index in [2.05, 4.69) is 18.9 Å². The van der Waals surface area contributed by atoms with Gasteiger partial charge in [0, 0.05) is 17.9 Å². The third-order valence-corrected chi connectivity index (χ3v) is 3.46. The Labute approximate surface area is 125 Å². The van der Waals surface area contributed by atoms with Crippen molar-refractivity contribution < 1.29 is 4.79 Å². The zero-order chi connectivity index (χ0) is 15.2. The molecule has 1 aromatic carbocycles. The van der Waals surface area contributed by atoms with Crippen molar-refractivity contribution in [2.75, 3.05) is 5.73 Å². The van der Waals surface area contributed by atoms with E-state index in [4.69, 9.17) is 5.73 Å². The maximum Gasteiger partial charge on any atom is 0.161 e. The molecule has 0 saturated heterocycles. The molecule has 0 radical (unpaired) electrons. The molecule has 2 aromatic rings. The van der Waals surface area contributed by atoms with Crippen molar-refractivity contribution in [3.8, 4) is 0 Å². The summed E-state index contributed by atoms with van der Waals surface area (Å²) in [5.41, 5.74) is 8.11. The van der Waals surface area contributed by atoms with Crippen molar-refractivity contribution in [2.24, 2.45) is 0 Å². The van der Waals surface area contributed by atoms with Gasteiger partial charge in [0.05, 0.1) is 12.1 Å². The summed E-state index contributed by atoms with van der Waals surface area (Å²) in [6.07, 6.45) is 6.67. The molecule has 0 fully saturated rings. The number of hydrogen-bond donors (Lipinski definition) is 1. The van der Waals surface area contributed by atoms with E-state index in [1.165, 1.54) is 0 Å². The Hall–Kier alpha value is -2.36. The molecule has 0 aliphatic heterocycles. The van der Waals surface area contributed by atoms with Crippen LogP contribution in [0.5, 0.6) is 0 Å². The molecule has 1 atom stereocenters. The number of ketones is 1. The third-order valence-electron chi connectivity index (χ3n) is 3.46. The molecule has 1 heterocycles. The number of aromatic nitrogens is 2. The number of carbonyl (C=O) groups is 1. The zero-order valence-electron chi connectivity index (χ0n) is 12.5. The van der Waals surface area contributed by atoms with Gasteiger partial charge in [-0.3, -0.25) is 9.48 Å². The van der Waals surface area contributed by atoms with E-state index in [9.17, 15) is 4.79 Å². The van der Waals surface area contributed by atoms with E-state index in [-0.39, 0.29) is 5.78 Å². The van der Waals surface area contributed by atoms with Gasteiger partial charge in [-0.25, -0.2) is 0 Å². The molecular formula is C17H21N3O. The van der Waals surface area contributed by atoms with Gasteiger partial charge in [0.25, 0.3) is 0 Å². The number of nitrogen functional groups attached to an aromatic ring is 1. The number of rotatable bonds is 6. The summed E-state index contributed by atoms with van der Waals surface area (Å²) in [5.74, 6) is 0.0428. The van der Waals surface area contributed by atoms with Crippen molar-refractivity contribution >= 4 is 17.5 Å². The van der Waals surface area contributed by atoms with E-state index in [0.717, 1.165) is 17.7 Å². The second-order valence-corrected chi connectivity index (χ2v) is 5.19. The Morgan fingerprint density at radius 3 is 2.71 bits per heavy atom. The number of hydrogen-bond acceptors (Lipinski definition) is 3. The smallest absolute Gasteiger partial charge is 0.161 e. The van der Waals surface area contributed by atoms with Crippen LogP contribution in [-0.2, 0) is 11.2 Å². The van der Waals surface area contributed by atoms with Crippen LogP contribution < -0.4 is 5.73 Å². The fourth-order valence-electron chi connectivity index (χ4n) is 1.94. The fourth-order valence-corrected chi connectivity index (χ4v) is 1.94. The average molecular weight is 283 g/mol. The maximum absolute atomic E-state index is 11.9. The van der Waals surface area contributed by atoms with Crippen molar-refractivity contribution in [2.45, 2.75) is 32.7 Å². The quantitative estimate of drug-likeness (QED) is 0.654. The summed E-state index contributed by atoms with van der Waals surface area (Å²) < 4.78 is 1.91. The minimum Gasteiger partial charge on any atom is -0.399 e. The van der Waals surface area contributed by atoms with Crippen LogP contribution in [-0.4, -0.2) is 15.6 Å². The number of carbonyl (C=O) groups excluding carboxylic acids is 1. The van der Waals surface area contributed by atoms with Crippen LogP contribution in [0.3, 0.4) is 0 Å². The van der Waals surface area contributed by atoms with Gasteiger partial charge in [-0.1, -0.05) is 25.1 Å². The standard InChI is InChI=1S/C17H21N3O/c1-3-13(2)20-11-10-16(19-20)12-17(21)9-6-14-4-7-15(18)8-5-14/h4-11,13H,3,12,18H2,1-2H3/b9-6+. The third kappa shape index (κ3) is 4.31. The van der Waals surface area contributed by atoms with Gasteiger partial charge in [0.2, 0.25) is 0 Å². The van der Waals surface area contributed by atoms with Crippen molar-refractivity contribution in [3.63, 3.8) is 0 Å². The molecular weight excluding hydrogens is 262 g/mol. The van der Waals surface area contributed by atoms with Crippen molar-refractivity contribution in [1.29, 1.82) is 0 Å². The summed E-state index contributed by atoms with van der Waals surface area (Å²) in [7, 11) is 0. The van der Waals surface area contributed by atoms with Crippen LogP contribution in [0.1, 0.15) is 37.6 Å². The highest BCUT2D eigenvalue weighted by Gasteiger charge is 2.07. The van der Waals surface area contributed by atoms with E-state index >= 15 is 0 Å². The first kappa shape index (κ1) is 15.0.